The van der Waals surface area contributed by atoms with E-state index < -0.39 is 18.1 Å². The Balaban J connectivity index is 1.17. The van der Waals surface area contributed by atoms with Gasteiger partial charge in [0.1, 0.15) is 33.2 Å². The summed E-state index contributed by atoms with van der Waals surface area (Å²) in [5.41, 5.74) is 1.88. The van der Waals surface area contributed by atoms with Crippen molar-refractivity contribution in [2.45, 2.75) is 44.1 Å². The molecule has 3 saturated heterocycles. The second-order valence-electron chi connectivity index (χ2n) is 12.1. The van der Waals surface area contributed by atoms with Gasteiger partial charge < -0.3 is 24.2 Å². The standard InChI is InChI=1S/C36H37Cl2N3O7S/c1-45-29-10-8-24(16-31(29)46-2)30(17-26-27(37)19-41(44)20-28(26)38)47-35(42)33-11-9-25(49-33)18-39-34(23-6-4-3-5-7-23)36(43)48-32-21-40-14-12-22(32)13-15-40/h3-11,16,19-20,22,30,32,34,39H,12-15,17-18,21H2,1-2H3/t30-,32-,34?/m0/s1. The molecular formula is C36H37Cl2N3O7S. The molecule has 5 heterocycles. The van der Waals surface area contributed by atoms with E-state index in [-0.39, 0.29) is 28.5 Å². The van der Waals surface area contributed by atoms with Crippen molar-refractivity contribution < 1.29 is 33.3 Å². The van der Waals surface area contributed by atoms with E-state index >= 15 is 0 Å². The SMILES string of the molecule is COc1ccc([C@H](Cc2c(Cl)c[n+]([O-])cc2Cl)OC(=O)c2ccc(CNC(C(=O)O[C@H]3CN4CCC3CC4)c3ccccc3)s2)cc1OC. The molecule has 0 amide bonds. The maximum absolute atomic E-state index is 13.6. The first-order valence-corrected chi connectivity index (χ1v) is 17.6. The quantitative estimate of drug-likeness (QED) is 0.0962. The molecule has 49 heavy (non-hydrogen) atoms. The van der Waals surface area contributed by atoms with Gasteiger partial charge in [0.05, 0.1) is 14.2 Å². The van der Waals surface area contributed by atoms with Crippen LogP contribution in [0, 0.1) is 11.1 Å². The number of hydrogen-bond donors (Lipinski definition) is 1. The number of pyridine rings is 1. The number of fused-ring (bicyclic) bond motifs is 3. The Bertz CT molecular complexity index is 1760. The van der Waals surface area contributed by atoms with Gasteiger partial charge in [-0.25, -0.2) is 9.59 Å². The normalized spacial score (nSPS) is 19.6. The monoisotopic (exact) mass is 725 g/mol. The smallest absolute Gasteiger partial charge is 0.348 e. The Hall–Kier alpha value is -3.87. The minimum Gasteiger partial charge on any atom is -0.619 e. The summed E-state index contributed by atoms with van der Waals surface area (Å²) in [4.78, 5) is 30.7. The van der Waals surface area contributed by atoms with Crippen LogP contribution in [0.15, 0.2) is 73.1 Å². The summed E-state index contributed by atoms with van der Waals surface area (Å²) in [7, 11) is 3.05. The second kappa shape index (κ2) is 15.8. The van der Waals surface area contributed by atoms with Gasteiger partial charge in [-0.1, -0.05) is 59.6 Å². The van der Waals surface area contributed by atoms with Gasteiger partial charge in [0.25, 0.3) is 0 Å². The van der Waals surface area contributed by atoms with Crippen molar-refractivity contribution in [2.75, 3.05) is 33.9 Å². The Morgan fingerprint density at radius 3 is 2.35 bits per heavy atom. The maximum atomic E-state index is 13.6. The number of halogens is 2. The first kappa shape index (κ1) is 35.0. The van der Waals surface area contributed by atoms with Crippen molar-refractivity contribution in [2.24, 2.45) is 5.92 Å². The van der Waals surface area contributed by atoms with Crippen molar-refractivity contribution >= 4 is 46.5 Å². The van der Waals surface area contributed by atoms with Gasteiger partial charge in [0.15, 0.2) is 23.9 Å². The number of methoxy groups -OCH3 is 2. The third kappa shape index (κ3) is 8.30. The Kier molecular flexibility index (Phi) is 11.3. The summed E-state index contributed by atoms with van der Waals surface area (Å²) in [6.45, 7) is 3.23. The molecule has 258 valence electrons. The van der Waals surface area contributed by atoms with Crippen LogP contribution in [-0.4, -0.2) is 56.8 Å². The third-order valence-electron chi connectivity index (χ3n) is 9.05. The zero-order chi connectivity index (χ0) is 34.5. The Morgan fingerprint density at radius 2 is 1.69 bits per heavy atom. The number of rotatable bonds is 13. The molecule has 10 nitrogen and oxygen atoms in total. The Morgan fingerprint density at radius 1 is 0.980 bits per heavy atom. The van der Waals surface area contributed by atoms with Gasteiger partial charge in [-0.2, -0.15) is 4.73 Å². The van der Waals surface area contributed by atoms with Crippen molar-refractivity contribution in [3.8, 4) is 11.5 Å². The average Bonchev–Trinajstić information content (AvgIpc) is 3.59. The number of aromatic nitrogens is 1. The third-order valence-corrected chi connectivity index (χ3v) is 10.8. The van der Waals surface area contributed by atoms with Gasteiger partial charge in [0, 0.05) is 30.0 Å². The van der Waals surface area contributed by atoms with Gasteiger partial charge in [-0.3, -0.25) is 10.2 Å². The van der Waals surface area contributed by atoms with E-state index in [0.29, 0.717) is 44.7 Å². The lowest BCUT2D eigenvalue weighted by molar-refractivity contribution is -0.605. The van der Waals surface area contributed by atoms with Crippen molar-refractivity contribution in [3.05, 3.63) is 115 Å². The minimum atomic E-state index is -0.836. The fraction of sp³-hybridized carbons (Fsp3) is 0.361. The first-order valence-electron chi connectivity index (χ1n) is 16.0. The van der Waals surface area contributed by atoms with Crippen molar-refractivity contribution in [1.82, 2.24) is 10.2 Å². The molecule has 2 bridgehead atoms. The summed E-state index contributed by atoms with van der Waals surface area (Å²) >= 11 is 14.1. The van der Waals surface area contributed by atoms with Crippen molar-refractivity contribution in [1.29, 1.82) is 0 Å². The van der Waals surface area contributed by atoms with Crippen LogP contribution >= 0.6 is 34.5 Å². The summed E-state index contributed by atoms with van der Waals surface area (Å²) in [5.74, 6) is 0.500. The van der Waals surface area contributed by atoms with E-state index in [9.17, 15) is 14.8 Å². The predicted octanol–water partition coefficient (Wildman–Crippen LogP) is 6.31. The van der Waals surface area contributed by atoms with E-state index in [0.717, 1.165) is 42.9 Å². The largest absolute Gasteiger partial charge is 0.619 e. The van der Waals surface area contributed by atoms with Gasteiger partial charge >= 0.3 is 11.9 Å². The molecule has 3 fully saturated rings. The highest BCUT2D eigenvalue weighted by Gasteiger charge is 2.38. The minimum absolute atomic E-state index is 0.0972. The molecule has 7 rings (SSSR count). The highest BCUT2D eigenvalue weighted by Crippen LogP contribution is 2.36. The lowest BCUT2D eigenvalue weighted by Crippen LogP contribution is -2.52. The molecule has 1 unspecified atom stereocenters. The van der Waals surface area contributed by atoms with Gasteiger partial charge in [-0.15, -0.1) is 11.3 Å². The molecule has 2 aromatic carbocycles. The zero-order valence-corrected chi connectivity index (χ0v) is 29.4. The molecule has 13 heteroatoms. The number of hydrogen-bond acceptors (Lipinski definition) is 10. The predicted molar refractivity (Wildman–Crippen MR) is 186 cm³/mol. The summed E-state index contributed by atoms with van der Waals surface area (Å²) < 4.78 is 23.5. The fourth-order valence-electron chi connectivity index (χ4n) is 6.41. The van der Waals surface area contributed by atoms with E-state index in [1.165, 1.54) is 38.0 Å². The number of carbonyl (C=O) groups is 2. The van der Waals surface area contributed by atoms with Crippen LogP contribution in [0.1, 0.15) is 56.2 Å². The highest BCUT2D eigenvalue weighted by atomic mass is 35.5. The fourth-order valence-corrected chi connectivity index (χ4v) is 7.85. The number of piperidine rings is 3. The second-order valence-corrected chi connectivity index (χ2v) is 14.1. The first-order chi connectivity index (χ1) is 23.7. The van der Waals surface area contributed by atoms with E-state index in [1.54, 1.807) is 24.3 Å². The molecule has 0 radical (unpaired) electrons. The number of ether oxygens (including phenoxy) is 4. The number of thiophene rings is 1. The van der Waals surface area contributed by atoms with Crippen molar-refractivity contribution in [3.63, 3.8) is 0 Å². The molecule has 3 atom stereocenters. The number of benzene rings is 2. The van der Waals surface area contributed by atoms with Gasteiger partial charge in [0.2, 0.25) is 0 Å². The molecule has 2 aromatic heterocycles. The average molecular weight is 727 g/mol. The number of esters is 2. The van der Waals surface area contributed by atoms with Crippen LogP contribution in [0.3, 0.4) is 0 Å². The number of carbonyl (C=O) groups excluding carboxylic acids is 2. The van der Waals surface area contributed by atoms with E-state index in [2.05, 4.69) is 10.2 Å². The molecule has 0 spiro atoms. The summed E-state index contributed by atoms with van der Waals surface area (Å²) in [5, 5.41) is 15.5. The van der Waals surface area contributed by atoms with Gasteiger partial charge in [-0.05, 0) is 67.2 Å². The molecule has 1 N–H and O–H groups in total. The summed E-state index contributed by atoms with van der Waals surface area (Å²) in [6.07, 6.45) is 3.65. The Labute approximate surface area is 299 Å². The molecule has 0 aliphatic carbocycles. The number of nitrogens with one attached hydrogen (secondary N) is 1. The van der Waals surface area contributed by atoms with E-state index in [1.807, 2.05) is 36.4 Å². The van der Waals surface area contributed by atoms with Crippen LogP contribution in [0.5, 0.6) is 11.5 Å². The zero-order valence-electron chi connectivity index (χ0n) is 27.1. The highest BCUT2D eigenvalue weighted by molar-refractivity contribution is 7.13. The van der Waals surface area contributed by atoms with E-state index in [4.69, 9.17) is 42.1 Å². The van der Waals surface area contributed by atoms with Crippen LogP contribution in [0.4, 0.5) is 0 Å². The lowest BCUT2D eigenvalue weighted by Gasteiger charge is -2.44. The van der Waals surface area contributed by atoms with Crippen LogP contribution in [0.2, 0.25) is 10.0 Å². The number of nitrogens with zero attached hydrogens (tertiary/aromatic N) is 2. The lowest BCUT2D eigenvalue weighted by atomic mass is 9.86. The maximum Gasteiger partial charge on any atom is 0.348 e. The molecule has 3 aliphatic rings. The molecule has 0 saturated carbocycles. The van der Waals surface area contributed by atoms with Crippen LogP contribution < -0.4 is 19.5 Å². The molecular weight excluding hydrogens is 689 g/mol. The topological polar surface area (TPSA) is 113 Å². The van der Waals surface area contributed by atoms with Crippen LogP contribution in [0.25, 0.3) is 0 Å². The molecule has 4 aromatic rings. The molecule has 3 aliphatic heterocycles. The summed E-state index contributed by atoms with van der Waals surface area (Å²) in [6, 6.07) is 17.6. The van der Waals surface area contributed by atoms with Crippen LogP contribution in [-0.2, 0) is 27.2 Å².